The lowest BCUT2D eigenvalue weighted by atomic mass is 10.4. The summed E-state index contributed by atoms with van der Waals surface area (Å²) in [5.41, 5.74) is 0. The second kappa shape index (κ2) is 5.19. The van der Waals surface area contributed by atoms with Gasteiger partial charge < -0.3 is 9.64 Å². The van der Waals surface area contributed by atoms with Crippen LogP contribution in [0, 0.1) is 0 Å². The van der Waals surface area contributed by atoms with E-state index in [0.717, 1.165) is 25.9 Å². The molecule has 4 heteroatoms. The highest BCUT2D eigenvalue weighted by Crippen LogP contribution is 2.06. The summed E-state index contributed by atoms with van der Waals surface area (Å²) in [6.07, 6.45) is 2.24. The van der Waals surface area contributed by atoms with Gasteiger partial charge in [-0.05, 0) is 19.8 Å². The van der Waals surface area contributed by atoms with E-state index in [1.165, 1.54) is 0 Å². The molecule has 4 nitrogen and oxygen atoms in total. The van der Waals surface area contributed by atoms with Crippen LogP contribution in [0.25, 0.3) is 0 Å². The molecule has 0 aliphatic carbocycles. The molecule has 1 unspecified atom stereocenters. The molecule has 1 saturated heterocycles. The Morgan fingerprint density at radius 3 is 2.69 bits per heavy atom. The highest BCUT2D eigenvalue weighted by molar-refractivity contribution is 5.78. The maximum Gasteiger partial charge on any atom is 0.236 e. The monoisotopic (exact) mass is 186 g/mol. The fourth-order valence-electron chi connectivity index (χ4n) is 1.39. The Kier molecular flexibility index (Phi) is 4.18. The topological polar surface area (TPSA) is 41.6 Å². The third-order valence-corrected chi connectivity index (χ3v) is 2.35. The van der Waals surface area contributed by atoms with E-state index in [9.17, 15) is 4.79 Å². The van der Waals surface area contributed by atoms with Crippen molar-refractivity contribution in [3.05, 3.63) is 0 Å². The van der Waals surface area contributed by atoms with Crippen molar-refractivity contribution in [1.82, 2.24) is 10.2 Å². The van der Waals surface area contributed by atoms with Gasteiger partial charge in [0.1, 0.15) is 6.23 Å². The zero-order valence-corrected chi connectivity index (χ0v) is 8.38. The summed E-state index contributed by atoms with van der Waals surface area (Å²) < 4.78 is 4.98. The normalized spacial score (nSPS) is 19.1. The first-order valence-corrected chi connectivity index (χ1v) is 4.78. The third kappa shape index (κ3) is 3.32. The maximum atomic E-state index is 11.5. The summed E-state index contributed by atoms with van der Waals surface area (Å²) in [5.74, 6) is 0.182. The molecule has 0 aromatic heterocycles. The van der Waals surface area contributed by atoms with Gasteiger partial charge in [0.2, 0.25) is 5.91 Å². The Bertz CT molecular complexity index is 167. The summed E-state index contributed by atoms with van der Waals surface area (Å²) in [6, 6.07) is 0. The van der Waals surface area contributed by atoms with Crippen molar-refractivity contribution in [1.29, 1.82) is 0 Å². The molecule has 1 N–H and O–H groups in total. The van der Waals surface area contributed by atoms with Crippen molar-refractivity contribution in [2.45, 2.75) is 26.0 Å². The molecule has 1 aliphatic rings. The van der Waals surface area contributed by atoms with Crippen LogP contribution in [-0.2, 0) is 9.53 Å². The number of carbonyl (C=O) groups is 1. The molecular formula is C9H18N2O2. The zero-order valence-electron chi connectivity index (χ0n) is 8.38. The second-order valence-corrected chi connectivity index (χ2v) is 3.35. The number of hydrogen-bond donors (Lipinski definition) is 1. The van der Waals surface area contributed by atoms with Gasteiger partial charge in [-0.25, -0.2) is 0 Å². The largest absolute Gasteiger partial charge is 0.367 e. The minimum atomic E-state index is -0.0495. The molecule has 1 atom stereocenters. The van der Waals surface area contributed by atoms with Crippen molar-refractivity contribution in [2.24, 2.45) is 0 Å². The molecule has 1 fully saturated rings. The number of amides is 1. The molecule has 1 rings (SSSR count). The smallest absolute Gasteiger partial charge is 0.236 e. The van der Waals surface area contributed by atoms with Gasteiger partial charge in [0.25, 0.3) is 0 Å². The average Bonchev–Trinajstić information content (AvgIpc) is 2.66. The molecule has 76 valence electrons. The molecule has 0 aromatic rings. The molecule has 0 saturated carbocycles. The number of carbonyl (C=O) groups excluding carboxylic acids is 1. The van der Waals surface area contributed by atoms with E-state index in [2.05, 4.69) is 5.32 Å². The molecule has 0 radical (unpaired) electrons. The van der Waals surface area contributed by atoms with Crippen LogP contribution in [0.15, 0.2) is 0 Å². The fourth-order valence-corrected chi connectivity index (χ4v) is 1.39. The number of nitrogens with zero attached hydrogens (tertiary/aromatic N) is 1. The van der Waals surface area contributed by atoms with Crippen molar-refractivity contribution < 1.29 is 9.53 Å². The summed E-state index contributed by atoms with van der Waals surface area (Å²) in [5, 5.41) is 3.00. The van der Waals surface area contributed by atoms with Crippen LogP contribution in [0.4, 0.5) is 0 Å². The van der Waals surface area contributed by atoms with Crippen LogP contribution in [0.2, 0.25) is 0 Å². The van der Waals surface area contributed by atoms with Gasteiger partial charge in [-0.3, -0.25) is 10.1 Å². The second-order valence-electron chi connectivity index (χ2n) is 3.35. The van der Waals surface area contributed by atoms with Crippen LogP contribution < -0.4 is 5.32 Å². The van der Waals surface area contributed by atoms with Crippen LogP contribution in [-0.4, -0.2) is 43.8 Å². The first-order chi connectivity index (χ1) is 6.24. The Hall–Kier alpha value is -0.610. The van der Waals surface area contributed by atoms with Crippen molar-refractivity contribution in [3.63, 3.8) is 0 Å². The fraction of sp³-hybridized carbons (Fsp3) is 0.889. The Morgan fingerprint density at radius 2 is 2.15 bits per heavy atom. The minimum Gasteiger partial charge on any atom is -0.367 e. The number of likely N-dealkylation sites (tertiary alicyclic amines) is 1. The van der Waals surface area contributed by atoms with E-state index in [0.29, 0.717) is 6.54 Å². The Labute approximate surface area is 79.2 Å². The molecule has 0 spiro atoms. The van der Waals surface area contributed by atoms with Gasteiger partial charge >= 0.3 is 0 Å². The van der Waals surface area contributed by atoms with Gasteiger partial charge in [-0.1, -0.05) is 0 Å². The number of rotatable bonds is 4. The number of hydrogen-bond acceptors (Lipinski definition) is 3. The van der Waals surface area contributed by atoms with E-state index in [-0.39, 0.29) is 12.1 Å². The quantitative estimate of drug-likeness (QED) is 0.637. The highest BCUT2D eigenvalue weighted by Gasteiger charge is 2.17. The lowest BCUT2D eigenvalue weighted by Gasteiger charge is -2.17. The number of methoxy groups -OCH3 is 1. The molecule has 1 heterocycles. The van der Waals surface area contributed by atoms with Crippen LogP contribution >= 0.6 is 0 Å². The van der Waals surface area contributed by atoms with E-state index in [1.807, 2.05) is 11.8 Å². The Morgan fingerprint density at radius 1 is 1.54 bits per heavy atom. The van der Waals surface area contributed by atoms with E-state index in [1.54, 1.807) is 7.11 Å². The van der Waals surface area contributed by atoms with E-state index >= 15 is 0 Å². The summed E-state index contributed by atoms with van der Waals surface area (Å²) in [4.78, 5) is 13.4. The van der Waals surface area contributed by atoms with Crippen LogP contribution in [0.1, 0.15) is 19.8 Å². The van der Waals surface area contributed by atoms with Crippen molar-refractivity contribution >= 4 is 5.91 Å². The first kappa shape index (κ1) is 10.5. The lowest BCUT2D eigenvalue weighted by Crippen LogP contribution is -2.40. The molecule has 1 aliphatic heterocycles. The van der Waals surface area contributed by atoms with Gasteiger partial charge in [0.05, 0.1) is 6.54 Å². The molecule has 13 heavy (non-hydrogen) atoms. The Balaban J connectivity index is 2.16. The van der Waals surface area contributed by atoms with Gasteiger partial charge in [0, 0.05) is 20.2 Å². The predicted molar refractivity (Wildman–Crippen MR) is 50.3 cm³/mol. The predicted octanol–water partition coefficient (Wildman–Crippen LogP) is 0.191. The number of ether oxygens (including phenoxy) is 1. The maximum absolute atomic E-state index is 11.5. The summed E-state index contributed by atoms with van der Waals surface area (Å²) in [6.45, 7) is 4.11. The minimum absolute atomic E-state index is 0.0495. The summed E-state index contributed by atoms with van der Waals surface area (Å²) >= 11 is 0. The average molecular weight is 186 g/mol. The van der Waals surface area contributed by atoms with Crippen molar-refractivity contribution in [3.8, 4) is 0 Å². The highest BCUT2D eigenvalue weighted by atomic mass is 16.5. The van der Waals surface area contributed by atoms with Gasteiger partial charge in [-0.15, -0.1) is 0 Å². The van der Waals surface area contributed by atoms with E-state index in [4.69, 9.17) is 4.74 Å². The van der Waals surface area contributed by atoms with Gasteiger partial charge in [0.15, 0.2) is 0 Å². The van der Waals surface area contributed by atoms with Crippen molar-refractivity contribution in [2.75, 3.05) is 26.7 Å². The number of nitrogens with one attached hydrogen (secondary N) is 1. The van der Waals surface area contributed by atoms with Crippen LogP contribution in [0.5, 0.6) is 0 Å². The zero-order chi connectivity index (χ0) is 9.68. The molecule has 0 aromatic carbocycles. The first-order valence-electron chi connectivity index (χ1n) is 4.78. The standard InChI is InChI=1S/C9H18N2O2/c1-8(13-2)10-7-9(12)11-5-3-4-6-11/h8,10H,3-7H2,1-2H3. The lowest BCUT2D eigenvalue weighted by molar-refractivity contribution is -0.129. The molecule has 1 amide bonds. The molecular weight excluding hydrogens is 168 g/mol. The van der Waals surface area contributed by atoms with Crippen LogP contribution in [0.3, 0.4) is 0 Å². The SMILES string of the molecule is COC(C)NCC(=O)N1CCCC1. The summed E-state index contributed by atoms with van der Waals surface area (Å²) in [7, 11) is 1.62. The molecule has 0 bridgehead atoms. The van der Waals surface area contributed by atoms with E-state index < -0.39 is 0 Å². The van der Waals surface area contributed by atoms with Gasteiger partial charge in [-0.2, -0.15) is 0 Å². The third-order valence-electron chi connectivity index (χ3n) is 2.35.